The molecule has 11 nitrogen and oxygen atoms in total. The summed E-state index contributed by atoms with van der Waals surface area (Å²) < 4.78 is 28.9. The Bertz CT molecular complexity index is 1550. The summed E-state index contributed by atoms with van der Waals surface area (Å²) in [4.78, 5) is 32.1. The second-order valence-electron chi connectivity index (χ2n) is 11.5. The van der Waals surface area contributed by atoms with E-state index in [1.807, 2.05) is 19.2 Å². The molecular weight excluding hydrogens is 601 g/mol. The number of thiophene rings is 1. The van der Waals surface area contributed by atoms with E-state index in [9.17, 15) is 23.3 Å². The number of sulfonamides is 1. The predicted molar refractivity (Wildman–Crippen MR) is 174 cm³/mol. The summed E-state index contributed by atoms with van der Waals surface area (Å²) in [7, 11) is 0.00387. The van der Waals surface area contributed by atoms with Crippen molar-refractivity contribution >= 4 is 38.6 Å². The summed E-state index contributed by atoms with van der Waals surface area (Å²) in [5, 5.41) is 14.6. The lowest BCUT2D eigenvalue weighted by Gasteiger charge is -2.36. The minimum absolute atomic E-state index is 0.151. The molecule has 2 fully saturated rings. The molecule has 236 valence electrons. The zero-order valence-corrected chi connectivity index (χ0v) is 26.9. The maximum Gasteiger partial charge on any atom is 0.289 e. The normalized spacial score (nSPS) is 17.2. The smallest absolute Gasteiger partial charge is 0.289 e. The molecule has 0 radical (unpaired) electrons. The Morgan fingerprint density at radius 3 is 2.30 bits per heavy atom. The molecule has 0 aliphatic carbocycles. The van der Waals surface area contributed by atoms with Crippen LogP contribution in [0.2, 0.25) is 0 Å². The fraction of sp³-hybridized carbons (Fsp3) is 0.452. The number of likely N-dealkylation sites (tertiary alicyclic amines) is 1. The van der Waals surface area contributed by atoms with Gasteiger partial charge in [-0.25, -0.2) is 8.42 Å². The molecular formula is C31H40N6O5S2. The molecule has 5 rings (SSSR count). The van der Waals surface area contributed by atoms with Gasteiger partial charge in [0.25, 0.3) is 11.6 Å². The number of carbonyl (C=O) groups is 1. The highest BCUT2D eigenvalue weighted by Crippen LogP contribution is 2.31. The Labute approximate surface area is 263 Å². The van der Waals surface area contributed by atoms with Gasteiger partial charge in [0.05, 0.1) is 9.80 Å². The molecule has 0 atom stereocenters. The van der Waals surface area contributed by atoms with Crippen molar-refractivity contribution in [1.82, 2.24) is 19.4 Å². The van der Waals surface area contributed by atoms with E-state index < -0.39 is 20.6 Å². The molecule has 0 saturated carbocycles. The van der Waals surface area contributed by atoms with E-state index in [1.54, 1.807) is 0 Å². The number of benzene rings is 2. The molecule has 44 heavy (non-hydrogen) atoms. The van der Waals surface area contributed by atoms with Crippen LogP contribution in [0.15, 0.2) is 65.6 Å². The minimum atomic E-state index is -4.13. The standard InChI is InChI=1S/C31H40N6O5S2/c1-33-18-14-26(15-19-33)36(44(41,42)30-7-4-3-6-27(30)37(39)40)17-5-16-32-31(38)29-13-12-28(43-29)24-8-10-25(11-9-24)35-22-20-34(2)21-23-35/h3-4,6-13,26H,5,14-23H2,1-2H3,(H,32,38). The predicted octanol–water partition coefficient (Wildman–Crippen LogP) is 3.98. The number of amides is 1. The second kappa shape index (κ2) is 14.2. The first-order valence-electron chi connectivity index (χ1n) is 15.0. The average Bonchev–Trinajstić information content (AvgIpc) is 3.53. The Balaban J connectivity index is 1.20. The van der Waals surface area contributed by atoms with Crippen LogP contribution in [0.3, 0.4) is 0 Å². The topological polar surface area (TPSA) is 119 Å². The van der Waals surface area contributed by atoms with Crippen LogP contribution in [0.25, 0.3) is 10.4 Å². The van der Waals surface area contributed by atoms with Crippen molar-refractivity contribution in [3.63, 3.8) is 0 Å². The number of nitrogens with zero attached hydrogens (tertiary/aromatic N) is 5. The number of hydrogen-bond acceptors (Lipinski definition) is 9. The van der Waals surface area contributed by atoms with Crippen LogP contribution < -0.4 is 10.2 Å². The first kappa shape index (κ1) is 32.0. The number of para-hydroxylation sites is 1. The van der Waals surface area contributed by atoms with Gasteiger partial charge in [-0.1, -0.05) is 24.3 Å². The number of piperidine rings is 1. The zero-order valence-electron chi connectivity index (χ0n) is 25.2. The number of nitro groups is 1. The van der Waals surface area contributed by atoms with Crippen molar-refractivity contribution in [2.24, 2.45) is 0 Å². The molecule has 2 aromatic carbocycles. The van der Waals surface area contributed by atoms with Gasteiger partial charge < -0.3 is 20.0 Å². The fourth-order valence-electron chi connectivity index (χ4n) is 5.77. The highest BCUT2D eigenvalue weighted by molar-refractivity contribution is 7.89. The maximum atomic E-state index is 13.8. The molecule has 0 unspecified atom stereocenters. The van der Waals surface area contributed by atoms with Gasteiger partial charge in [-0.2, -0.15) is 4.31 Å². The van der Waals surface area contributed by atoms with E-state index in [-0.39, 0.29) is 29.9 Å². The molecule has 0 bridgehead atoms. The van der Waals surface area contributed by atoms with E-state index in [2.05, 4.69) is 51.3 Å². The molecule has 2 aliphatic heterocycles. The molecule has 1 amide bonds. The molecule has 2 aliphatic rings. The van der Waals surface area contributed by atoms with Gasteiger partial charge in [0, 0.05) is 61.9 Å². The average molecular weight is 641 g/mol. The number of nitro benzene ring substituents is 1. The number of nitrogens with one attached hydrogen (secondary N) is 1. The third-order valence-corrected chi connectivity index (χ3v) is 11.6. The first-order valence-corrected chi connectivity index (χ1v) is 17.2. The van der Waals surface area contributed by atoms with E-state index in [0.717, 1.165) is 49.7 Å². The molecule has 0 spiro atoms. The summed E-state index contributed by atoms with van der Waals surface area (Å²) >= 11 is 1.42. The van der Waals surface area contributed by atoms with Gasteiger partial charge in [-0.3, -0.25) is 14.9 Å². The maximum absolute atomic E-state index is 13.8. The van der Waals surface area contributed by atoms with Gasteiger partial charge in [0.2, 0.25) is 10.0 Å². The van der Waals surface area contributed by atoms with Gasteiger partial charge in [-0.15, -0.1) is 11.3 Å². The third kappa shape index (κ3) is 7.46. The number of hydrogen-bond donors (Lipinski definition) is 1. The van der Waals surface area contributed by atoms with Crippen LogP contribution in [0, 0.1) is 10.1 Å². The Kier molecular flexibility index (Phi) is 10.3. The molecule has 1 aromatic heterocycles. The Morgan fingerprint density at radius 1 is 0.955 bits per heavy atom. The monoisotopic (exact) mass is 640 g/mol. The van der Waals surface area contributed by atoms with Crippen LogP contribution >= 0.6 is 11.3 Å². The van der Waals surface area contributed by atoms with Gasteiger partial charge in [-0.05, 0) is 82.3 Å². The zero-order chi connectivity index (χ0) is 31.3. The number of likely N-dealkylation sites (N-methyl/N-ethyl adjacent to an activating group) is 1. The number of anilines is 1. The van der Waals surface area contributed by atoms with Crippen LogP contribution in [0.4, 0.5) is 11.4 Å². The summed E-state index contributed by atoms with van der Waals surface area (Å²) in [6.45, 7) is 6.02. The summed E-state index contributed by atoms with van der Waals surface area (Å²) in [5.74, 6) is -0.206. The van der Waals surface area contributed by atoms with Crippen molar-refractivity contribution < 1.29 is 18.1 Å². The summed E-state index contributed by atoms with van der Waals surface area (Å²) in [5.41, 5.74) is 1.83. The van der Waals surface area contributed by atoms with Gasteiger partial charge in [0.1, 0.15) is 0 Å². The lowest BCUT2D eigenvalue weighted by atomic mass is 10.1. The molecule has 3 aromatic rings. The van der Waals surface area contributed by atoms with E-state index in [4.69, 9.17) is 0 Å². The first-order chi connectivity index (χ1) is 21.1. The number of piperazine rings is 1. The van der Waals surface area contributed by atoms with Gasteiger partial charge >= 0.3 is 0 Å². The van der Waals surface area contributed by atoms with Gasteiger partial charge in [0.15, 0.2) is 4.90 Å². The van der Waals surface area contributed by atoms with Crippen molar-refractivity contribution in [3.8, 4) is 10.4 Å². The van der Waals surface area contributed by atoms with E-state index in [0.29, 0.717) is 24.1 Å². The van der Waals surface area contributed by atoms with Crippen molar-refractivity contribution in [2.75, 3.05) is 71.4 Å². The highest BCUT2D eigenvalue weighted by Gasteiger charge is 2.36. The number of carbonyl (C=O) groups excluding carboxylic acids is 1. The summed E-state index contributed by atoms with van der Waals surface area (Å²) in [6, 6.07) is 17.4. The van der Waals surface area contributed by atoms with Crippen molar-refractivity contribution in [2.45, 2.75) is 30.2 Å². The second-order valence-corrected chi connectivity index (χ2v) is 14.4. The highest BCUT2D eigenvalue weighted by atomic mass is 32.2. The molecule has 2 saturated heterocycles. The summed E-state index contributed by atoms with van der Waals surface area (Å²) in [6.07, 6.45) is 1.65. The lowest BCUT2D eigenvalue weighted by molar-refractivity contribution is -0.387. The van der Waals surface area contributed by atoms with Crippen molar-refractivity contribution in [3.05, 3.63) is 75.7 Å². The van der Waals surface area contributed by atoms with Crippen LogP contribution in [0.1, 0.15) is 28.9 Å². The quantitative estimate of drug-likeness (QED) is 0.190. The van der Waals surface area contributed by atoms with Crippen LogP contribution in [-0.2, 0) is 10.0 Å². The largest absolute Gasteiger partial charge is 0.369 e. The molecule has 13 heteroatoms. The van der Waals surface area contributed by atoms with Crippen LogP contribution in [0.5, 0.6) is 0 Å². The lowest BCUT2D eigenvalue weighted by Crippen LogP contribution is -2.47. The van der Waals surface area contributed by atoms with Crippen LogP contribution in [-0.4, -0.2) is 106 Å². The van der Waals surface area contributed by atoms with E-state index >= 15 is 0 Å². The molecule has 1 N–H and O–H groups in total. The fourth-order valence-corrected chi connectivity index (χ4v) is 8.59. The van der Waals surface area contributed by atoms with Crippen molar-refractivity contribution in [1.29, 1.82) is 0 Å². The minimum Gasteiger partial charge on any atom is -0.369 e. The third-order valence-electron chi connectivity index (χ3n) is 8.43. The Morgan fingerprint density at radius 2 is 1.61 bits per heavy atom. The molecule has 3 heterocycles. The van der Waals surface area contributed by atoms with E-state index in [1.165, 1.54) is 45.6 Å². The Hall–Kier alpha value is -3.36. The SMILES string of the molecule is CN1CCC(N(CCCNC(=O)c2ccc(-c3ccc(N4CCN(C)CC4)cc3)s2)S(=O)(=O)c2ccccc2[N+](=O)[O-])CC1. The number of rotatable bonds is 11.